The van der Waals surface area contributed by atoms with Gasteiger partial charge >= 0.3 is 6.03 Å². The van der Waals surface area contributed by atoms with Crippen molar-refractivity contribution in [2.24, 2.45) is 23.7 Å². The number of aliphatic hydroxyl groups is 1. The van der Waals surface area contributed by atoms with Crippen molar-refractivity contribution in [1.29, 1.82) is 0 Å². The molecule has 0 aliphatic heterocycles. The minimum atomic E-state index is -0.478. The molecule has 5 atom stereocenters. The average Bonchev–Trinajstić information content (AvgIpc) is 2.84. The minimum Gasteiger partial charge on any atom is -0.389 e. The minimum absolute atomic E-state index is 0.0985. The van der Waals surface area contributed by atoms with E-state index in [4.69, 9.17) is 0 Å². The highest BCUT2D eigenvalue weighted by atomic mass is 16.3. The summed E-state index contributed by atoms with van der Waals surface area (Å²) in [5.74, 6) is 3.26. The monoisotopic (exact) mass is 286 g/mol. The molecule has 4 rings (SSSR count). The first kappa shape index (κ1) is 13.1. The number of amides is 2. The molecule has 1 aromatic carbocycles. The SMILES string of the molecule is CC(O)c1ccc(NC(=O)NC2C3C4CCC(C4)C23)cc1. The molecule has 4 heteroatoms. The van der Waals surface area contributed by atoms with Crippen LogP contribution in [0.2, 0.25) is 0 Å². The number of anilines is 1. The van der Waals surface area contributed by atoms with Gasteiger partial charge in [-0.2, -0.15) is 0 Å². The van der Waals surface area contributed by atoms with E-state index in [1.54, 1.807) is 6.92 Å². The summed E-state index contributed by atoms with van der Waals surface area (Å²) in [5.41, 5.74) is 1.62. The maximum absolute atomic E-state index is 12.1. The summed E-state index contributed by atoms with van der Waals surface area (Å²) in [6, 6.07) is 7.66. The quantitative estimate of drug-likeness (QED) is 0.800. The van der Waals surface area contributed by atoms with Crippen LogP contribution >= 0.6 is 0 Å². The number of carbonyl (C=O) groups excluding carboxylic acids is 1. The molecule has 2 amide bonds. The van der Waals surface area contributed by atoms with Gasteiger partial charge in [-0.3, -0.25) is 0 Å². The van der Waals surface area contributed by atoms with Gasteiger partial charge in [0.2, 0.25) is 0 Å². The third-order valence-electron chi connectivity index (χ3n) is 5.68. The summed E-state index contributed by atoms with van der Waals surface area (Å²) >= 11 is 0. The first-order valence-electron chi connectivity index (χ1n) is 7.99. The Hall–Kier alpha value is -1.55. The van der Waals surface area contributed by atoms with Gasteiger partial charge in [0.05, 0.1) is 6.10 Å². The summed E-state index contributed by atoms with van der Waals surface area (Å²) in [4.78, 5) is 12.1. The molecule has 112 valence electrons. The number of rotatable bonds is 3. The Morgan fingerprint density at radius 2 is 1.81 bits per heavy atom. The Kier molecular flexibility index (Phi) is 2.96. The smallest absolute Gasteiger partial charge is 0.319 e. The lowest BCUT2D eigenvalue weighted by atomic mass is 10.0. The summed E-state index contributed by atoms with van der Waals surface area (Å²) in [5, 5.41) is 15.5. The van der Waals surface area contributed by atoms with Gasteiger partial charge in [0.25, 0.3) is 0 Å². The number of urea groups is 1. The van der Waals surface area contributed by atoms with Gasteiger partial charge in [-0.25, -0.2) is 4.79 Å². The van der Waals surface area contributed by atoms with Crippen molar-refractivity contribution in [2.75, 3.05) is 5.32 Å². The lowest BCUT2D eigenvalue weighted by Gasteiger charge is -2.12. The topological polar surface area (TPSA) is 61.4 Å². The number of aliphatic hydroxyl groups excluding tert-OH is 1. The summed E-state index contributed by atoms with van der Waals surface area (Å²) < 4.78 is 0. The fraction of sp³-hybridized carbons (Fsp3) is 0.588. The van der Waals surface area contributed by atoms with Crippen molar-refractivity contribution >= 4 is 11.7 Å². The highest BCUT2D eigenvalue weighted by Gasteiger charge is 2.65. The molecule has 5 unspecified atom stereocenters. The predicted octanol–water partition coefficient (Wildman–Crippen LogP) is 2.91. The molecule has 0 spiro atoms. The number of hydrogen-bond acceptors (Lipinski definition) is 2. The molecule has 0 heterocycles. The van der Waals surface area contributed by atoms with Crippen LogP contribution in [-0.4, -0.2) is 17.2 Å². The third kappa shape index (κ3) is 2.22. The fourth-order valence-corrected chi connectivity index (χ4v) is 4.68. The molecule has 3 aliphatic carbocycles. The van der Waals surface area contributed by atoms with Crippen LogP contribution in [0.25, 0.3) is 0 Å². The Balaban J connectivity index is 1.32. The normalized spacial score (nSPS) is 37.0. The Morgan fingerprint density at radius 1 is 1.19 bits per heavy atom. The number of benzene rings is 1. The average molecular weight is 286 g/mol. The zero-order valence-electron chi connectivity index (χ0n) is 12.3. The fourth-order valence-electron chi connectivity index (χ4n) is 4.68. The van der Waals surface area contributed by atoms with Crippen LogP contribution in [0, 0.1) is 23.7 Å². The molecule has 4 nitrogen and oxygen atoms in total. The van der Waals surface area contributed by atoms with E-state index in [0.29, 0.717) is 6.04 Å². The highest BCUT2D eigenvalue weighted by molar-refractivity contribution is 5.89. The second-order valence-corrected chi connectivity index (χ2v) is 6.91. The summed E-state index contributed by atoms with van der Waals surface area (Å²) in [7, 11) is 0. The van der Waals surface area contributed by atoms with Gasteiger partial charge in [0.15, 0.2) is 0 Å². The molecule has 3 aliphatic rings. The van der Waals surface area contributed by atoms with E-state index in [0.717, 1.165) is 34.9 Å². The number of fused-ring (bicyclic) bond motifs is 5. The van der Waals surface area contributed by atoms with E-state index in [1.165, 1.54) is 19.3 Å². The highest BCUT2D eigenvalue weighted by Crippen LogP contribution is 2.65. The van der Waals surface area contributed by atoms with Crippen molar-refractivity contribution in [3.8, 4) is 0 Å². The lowest BCUT2D eigenvalue weighted by molar-refractivity contribution is 0.199. The Bertz CT molecular complexity index is 538. The van der Waals surface area contributed by atoms with E-state index >= 15 is 0 Å². The van der Waals surface area contributed by atoms with Gasteiger partial charge in [-0.05, 0) is 67.6 Å². The van der Waals surface area contributed by atoms with E-state index in [1.807, 2.05) is 24.3 Å². The summed E-state index contributed by atoms with van der Waals surface area (Å²) in [6.07, 6.45) is 3.66. The maximum atomic E-state index is 12.1. The zero-order valence-corrected chi connectivity index (χ0v) is 12.3. The molecule has 1 aromatic rings. The molecule has 3 fully saturated rings. The third-order valence-corrected chi connectivity index (χ3v) is 5.68. The Morgan fingerprint density at radius 3 is 2.38 bits per heavy atom. The number of carbonyl (C=O) groups is 1. The zero-order chi connectivity index (χ0) is 14.6. The van der Waals surface area contributed by atoms with Crippen LogP contribution in [0.5, 0.6) is 0 Å². The van der Waals surface area contributed by atoms with Crippen LogP contribution in [0.3, 0.4) is 0 Å². The molecule has 0 aromatic heterocycles. The van der Waals surface area contributed by atoms with Crippen molar-refractivity contribution in [1.82, 2.24) is 5.32 Å². The molecular formula is C17H22N2O2. The van der Waals surface area contributed by atoms with Crippen molar-refractivity contribution in [2.45, 2.75) is 38.3 Å². The van der Waals surface area contributed by atoms with Crippen molar-refractivity contribution in [3.63, 3.8) is 0 Å². The van der Waals surface area contributed by atoms with Gasteiger partial charge in [0.1, 0.15) is 0 Å². The standard InChI is InChI=1S/C17H22N2O2/c1-9(20)10-4-6-13(7-5-10)18-17(21)19-16-14-11-2-3-12(8-11)15(14)16/h4-7,9,11-12,14-16,20H,2-3,8H2,1H3,(H2,18,19,21). The van der Waals surface area contributed by atoms with E-state index in [9.17, 15) is 9.90 Å². The lowest BCUT2D eigenvalue weighted by Crippen LogP contribution is -2.33. The van der Waals surface area contributed by atoms with Crippen LogP contribution in [0.1, 0.15) is 37.9 Å². The number of hydrogen-bond donors (Lipinski definition) is 3. The second kappa shape index (κ2) is 4.73. The molecule has 0 saturated heterocycles. The predicted molar refractivity (Wildman–Crippen MR) is 80.8 cm³/mol. The summed E-state index contributed by atoms with van der Waals surface area (Å²) in [6.45, 7) is 1.73. The van der Waals surface area contributed by atoms with Gasteiger partial charge < -0.3 is 15.7 Å². The van der Waals surface area contributed by atoms with Gasteiger partial charge in [-0.1, -0.05) is 12.1 Å². The molecule has 3 saturated carbocycles. The number of nitrogens with one attached hydrogen (secondary N) is 2. The van der Waals surface area contributed by atoms with Crippen LogP contribution in [0.4, 0.5) is 10.5 Å². The largest absolute Gasteiger partial charge is 0.389 e. The molecule has 2 bridgehead atoms. The molecular weight excluding hydrogens is 264 g/mol. The molecule has 3 N–H and O–H groups in total. The van der Waals surface area contributed by atoms with E-state index in [-0.39, 0.29) is 6.03 Å². The van der Waals surface area contributed by atoms with Crippen LogP contribution in [-0.2, 0) is 0 Å². The van der Waals surface area contributed by atoms with Crippen molar-refractivity contribution in [3.05, 3.63) is 29.8 Å². The maximum Gasteiger partial charge on any atom is 0.319 e. The van der Waals surface area contributed by atoms with Crippen LogP contribution in [0.15, 0.2) is 24.3 Å². The van der Waals surface area contributed by atoms with E-state index in [2.05, 4.69) is 10.6 Å². The van der Waals surface area contributed by atoms with Crippen LogP contribution < -0.4 is 10.6 Å². The van der Waals surface area contributed by atoms with Crippen molar-refractivity contribution < 1.29 is 9.90 Å². The van der Waals surface area contributed by atoms with E-state index < -0.39 is 6.10 Å². The second-order valence-electron chi connectivity index (χ2n) is 6.91. The Labute approximate surface area is 124 Å². The van der Waals surface area contributed by atoms with Gasteiger partial charge in [0, 0.05) is 11.7 Å². The van der Waals surface area contributed by atoms with Gasteiger partial charge in [-0.15, -0.1) is 0 Å². The molecule has 21 heavy (non-hydrogen) atoms. The first-order valence-corrected chi connectivity index (χ1v) is 7.99. The molecule has 0 radical (unpaired) electrons. The first-order chi connectivity index (χ1) is 10.1.